The fourth-order valence-electron chi connectivity index (χ4n) is 4.22. The molecule has 3 nitrogen and oxygen atoms in total. The van der Waals surface area contributed by atoms with Crippen molar-refractivity contribution in [3.63, 3.8) is 0 Å². The summed E-state index contributed by atoms with van der Waals surface area (Å²) in [5.74, 6) is 0. The molecule has 0 amide bonds. The fourth-order valence-corrected chi connectivity index (χ4v) is 4.22. The molecule has 0 N–H and O–H groups in total. The molecule has 1 saturated heterocycles. The topological polar surface area (TPSA) is 17.4 Å². The van der Waals surface area contributed by atoms with E-state index in [2.05, 4.69) is 59.0 Å². The molecule has 1 atom stereocenters. The SMILES string of the molecule is C=CC.C=CCn1c(-c2ccccc2)cc2c1CCC(N1CCOCC1)C2. The van der Waals surface area contributed by atoms with Gasteiger partial charge in [0.05, 0.1) is 13.2 Å². The Labute approximate surface area is 164 Å². The van der Waals surface area contributed by atoms with E-state index in [1.54, 1.807) is 6.08 Å². The summed E-state index contributed by atoms with van der Waals surface area (Å²) in [6.45, 7) is 14.0. The first kappa shape index (κ1) is 19.7. The fraction of sp³-hybridized carbons (Fsp3) is 0.417. The monoisotopic (exact) mass is 364 g/mol. The van der Waals surface area contributed by atoms with E-state index in [0.717, 1.165) is 39.3 Å². The van der Waals surface area contributed by atoms with Crippen LogP contribution < -0.4 is 0 Å². The Morgan fingerprint density at radius 3 is 2.52 bits per heavy atom. The normalized spacial score (nSPS) is 19.5. The summed E-state index contributed by atoms with van der Waals surface area (Å²) in [6.07, 6.45) is 7.35. The Bertz CT molecular complexity index is 741. The van der Waals surface area contributed by atoms with Crippen molar-refractivity contribution in [2.75, 3.05) is 26.3 Å². The van der Waals surface area contributed by atoms with Gasteiger partial charge in [0.25, 0.3) is 0 Å². The first-order valence-electron chi connectivity index (χ1n) is 10.0. The van der Waals surface area contributed by atoms with Crippen molar-refractivity contribution in [2.24, 2.45) is 0 Å². The Kier molecular flexibility index (Phi) is 7.08. The van der Waals surface area contributed by atoms with Crippen molar-refractivity contribution >= 4 is 0 Å². The van der Waals surface area contributed by atoms with Crippen LogP contribution in [0.3, 0.4) is 0 Å². The number of hydrogen-bond donors (Lipinski definition) is 0. The van der Waals surface area contributed by atoms with Crippen molar-refractivity contribution in [1.82, 2.24) is 9.47 Å². The van der Waals surface area contributed by atoms with E-state index in [9.17, 15) is 0 Å². The molecular formula is C24H32N2O. The summed E-state index contributed by atoms with van der Waals surface area (Å²) in [7, 11) is 0. The van der Waals surface area contributed by atoms with Crippen LogP contribution in [-0.2, 0) is 24.1 Å². The minimum atomic E-state index is 0.671. The molecule has 0 radical (unpaired) electrons. The first-order valence-corrected chi connectivity index (χ1v) is 10.0. The highest BCUT2D eigenvalue weighted by Gasteiger charge is 2.28. The molecule has 27 heavy (non-hydrogen) atoms. The smallest absolute Gasteiger partial charge is 0.0594 e. The lowest BCUT2D eigenvalue weighted by Gasteiger charge is -2.36. The van der Waals surface area contributed by atoms with Crippen LogP contribution in [0.1, 0.15) is 24.6 Å². The maximum Gasteiger partial charge on any atom is 0.0594 e. The molecule has 1 unspecified atom stereocenters. The van der Waals surface area contributed by atoms with Crippen LogP contribution in [0.5, 0.6) is 0 Å². The first-order chi connectivity index (χ1) is 13.3. The van der Waals surface area contributed by atoms with Crippen LogP contribution >= 0.6 is 0 Å². The average Bonchev–Trinajstić information content (AvgIpc) is 3.08. The maximum atomic E-state index is 5.52. The minimum absolute atomic E-state index is 0.671. The predicted octanol–water partition coefficient (Wildman–Crippen LogP) is 4.72. The highest BCUT2D eigenvalue weighted by Crippen LogP contribution is 2.32. The second-order valence-corrected chi connectivity index (χ2v) is 7.22. The number of aromatic nitrogens is 1. The maximum absolute atomic E-state index is 5.52. The van der Waals surface area contributed by atoms with E-state index in [1.165, 1.54) is 35.4 Å². The summed E-state index contributed by atoms with van der Waals surface area (Å²) in [4.78, 5) is 2.62. The highest BCUT2D eigenvalue weighted by molar-refractivity contribution is 5.63. The molecule has 0 spiro atoms. The molecule has 1 aliphatic heterocycles. The number of ether oxygens (including phenoxy) is 1. The zero-order valence-corrected chi connectivity index (χ0v) is 16.6. The average molecular weight is 365 g/mol. The summed E-state index contributed by atoms with van der Waals surface area (Å²) < 4.78 is 7.98. The molecule has 3 heteroatoms. The van der Waals surface area contributed by atoms with E-state index in [1.807, 2.05) is 13.0 Å². The molecule has 0 bridgehead atoms. The van der Waals surface area contributed by atoms with Crippen LogP contribution in [0.2, 0.25) is 0 Å². The van der Waals surface area contributed by atoms with Gasteiger partial charge in [-0.1, -0.05) is 42.5 Å². The summed E-state index contributed by atoms with van der Waals surface area (Å²) >= 11 is 0. The molecule has 2 aromatic rings. The minimum Gasteiger partial charge on any atom is -0.379 e. The largest absolute Gasteiger partial charge is 0.379 e. The second-order valence-electron chi connectivity index (χ2n) is 7.22. The van der Waals surface area contributed by atoms with Gasteiger partial charge in [-0.05, 0) is 43.4 Å². The van der Waals surface area contributed by atoms with Crippen molar-refractivity contribution in [3.8, 4) is 11.3 Å². The van der Waals surface area contributed by atoms with Crippen molar-refractivity contribution in [2.45, 2.75) is 38.8 Å². The van der Waals surface area contributed by atoms with Gasteiger partial charge >= 0.3 is 0 Å². The van der Waals surface area contributed by atoms with Crippen molar-refractivity contribution in [3.05, 3.63) is 73.0 Å². The summed E-state index contributed by atoms with van der Waals surface area (Å²) in [6, 6.07) is 13.8. The number of allylic oxidation sites excluding steroid dienone is 2. The van der Waals surface area contributed by atoms with Gasteiger partial charge in [0.1, 0.15) is 0 Å². The van der Waals surface area contributed by atoms with Crippen molar-refractivity contribution in [1.29, 1.82) is 0 Å². The Morgan fingerprint density at radius 2 is 1.85 bits per heavy atom. The standard InChI is InChI=1S/C21H26N2O.C3H6/c1-2-10-23-20-9-8-19(22-11-13-24-14-12-22)15-18(20)16-21(23)17-6-4-3-5-7-17;1-3-2/h2-7,16,19H,1,8-15H2;3H,1H2,2H3. The van der Waals surface area contributed by atoms with E-state index in [0.29, 0.717) is 6.04 Å². The Balaban J connectivity index is 0.000000659. The second kappa shape index (κ2) is 9.72. The molecule has 2 aliphatic rings. The van der Waals surface area contributed by atoms with E-state index in [-0.39, 0.29) is 0 Å². The quantitative estimate of drug-likeness (QED) is 0.730. The van der Waals surface area contributed by atoms with Gasteiger partial charge in [-0.3, -0.25) is 4.90 Å². The lowest BCUT2D eigenvalue weighted by Crippen LogP contribution is -2.45. The lowest BCUT2D eigenvalue weighted by atomic mass is 9.91. The summed E-state index contributed by atoms with van der Waals surface area (Å²) in [5.41, 5.74) is 5.68. The van der Waals surface area contributed by atoms with E-state index >= 15 is 0 Å². The zero-order chi connectivity index (χ0) is 19.1. The zero-order valence-electron chi connectivity index (χ0n) is 16.6. The van der Waals surface area contributed by atoms with Crippen LogP contribution in [0.25, 0.3) is 11.3 Å². The molecule has 1 aliphatic carbocycles. The molecule has 2 heterocycles. The van der Waals surface area contributed by atoms with Gasteiger partial charge in [-0.25, -0.2) is 0 Å². The van der Waals surface area contributed by atoms with E-state index < -0.39 is 0 Å². The molecular weight excluding hydrogens is 332 g/mol. The van der Waals surface area contributed by atoms with Crippen LogP contribution in [0.15, 0.2) is 61.7 Å². The number of nitrogens with zero attached hydrogens (tertiary/aromatic N) is 2. The van der Waals surface area contributed by atoms with Gasteiger partial charge in [0.15, 0.2) is 0 Å². The number of hydrogen-bond acceptors (Lipinski definition) is 2. The van der Waals surface area contributed by atoms with Gasteiger partial charge in [0.2, 0.25) is 0 Å². The van der Waals surface area contributed by atoms with Gasteiger partial charge < -0.3 is 9.30 Å². The van der Waals surface area contributed by atoms with Crippen molar-refractivity contribution < 1.29 is 4.74 Å². The third-order valence-electron chi connectivity index (χ3n) is 5.41. The lowest BCUT2D eigenvalue weighted by molar-refractivity contribution is 0.0136. The van der Waals surface area contributed by atoms with Gasteiger partial charge in [0, 0.05) is 37.1 Å². The van der Waals surface area contributed by atoms with Crippen LogP contribution in [0, 0.1) is 0 Å². The molecule has 0 saturated carbocycles. The van der Waals surface area contributed by atoms with Gasteiger partial charge in [-0.15, -0.1) is 13.2 Å². The molecule has 1 aromatic heterocycles. The van der Waals surface area contributed by atoms with Gasteiger partial charge in [-0.2, -0.15) is 0 Å². The number of morpholine rings is 1. The molecule has 144 valence electrons. The Morgan fingerprint density at radius 1 is 1.15 bits per heavy atom. The van der Waals surface area contributed by atoms with E-state index in [4.69, 9.17) is 4.74 Å². The Hall–Kier alpha value is -2.10. The highest BCUT2D eigenvalue weighted by atomic mass is 16.5. The van der Waals surface area contributed by atoms with Crippen LogP contribution in [-0.4, -0.2) is 41.8 Å². The molecule has 4 rings (SSSR count). The summed E-state index contributed by atoms with van der Waals surface area (Å²) in [5, 5.41) is 0. The predicted molar refractivity (Wildman–Crippen MR) is 114 cm³/mol. The molecule has 1 fully saturated rings. The third kappa shape index (κ3) is 4.60. The number of rotatable bonds is 4. The molecule has 1 aromatic carbocycles. The number of benzene rings is 1. The van der Waals surface area contributed by atoms with Crippen LogP contribution in [0.4, 0.5) is 0 Å². The third-order valence-corrected chi connectivity index (χ3v) is 5.41. The number of fused-ring (bicyclic) bond motifs is 1.